The molecule has 2 N–H and O–H groups in total. The molecule has 0 aliphatic carbocycles. The molecule has 0 fully saturated rings. The van der Waals surface area contributed by atoms with Crippen LogP contribution < -0.4 is 68.8 Å². The van der Waals surface area contributed by atoms with Gasteiger partial charge in [0.15, 0.2) is 5.82 Å². The zero-order chi connectivity index (χ0) is 23.1. The fourth-order valence-corrected chi connectivity index (χ4v) is 3.80. The second-order valence-corrected chi connectivity index (χ2v) is 9.05. The molecule has 0 spiro atoms. The first-order valence-corrected chi connectivity index (χ1v) is 11.3. The third-order valence-corrected chi connectivity index (χ3v) is 5.89. The Balaban J connectivity index is 0. The molecule has 0 amide bonds. The smallest absolute Gasteiger partial charge is 1.00 e. The summed E-state index contributed by atoms with van der Waals surface area (Å²) in [5.41, 5.74) is 3.95. The third-order valence-electron chi connectivity index (χ3n) is 5.89. The normalized spacial score (nSPS) is 10.9. The summed E-state index contributed by atoms with van der Waals surface area (Å²) in [6, 6.07) is 12.0. The van der Waals surface area contributed by atoms with Gasteiger partial charge in [-0.15, -0.1) is 10.2 Å². The Morgan fingerprint density at radius 3 is 2.50 bits per heavy atom. The Hall–Kier alpha value is -1.09. The van der Waals surface area contributed by atoms with Crippen molar-refractivity contribution in [3.05, 3.63) is 47.8 Å². The number of nitrogens with one attached hydrogen (secondary N) is 1. The maximum Gasteiger partial charge on any atom is 1.00 e. The summed E-state index contributed by atoms with van der Waals surface area (Å²) in [6.45, 7) is 7.02. The van der Waals surface area contributed by atoms with Gasteiger partial charge >= 0.3 is 59.1 Å². The number of nitrogens with zero attached hydrogens (tertiary/aromatic N) is 4. The molecule has 0 atom stereocenters. The molecule has 176 valence electrons. The van der Waals surface area contributed by atoms with Crippen molar-refractivity contribution in [1.29, 1.82) is 0 Å². The number of H-pyrrole nitrogens is 1. The van der Waals surface area contributed by atoms with Crippen LogP contribution in [0.2, 0.25) is 0 Å². The van der Waals surface area contributed by atoms with Crippen molar-refractivity contribution >= 4 is 5.69 Å². The first-order chi connectivity index (χ1) is 15.3. The van der Waals surface area contributed by atoms with Crippen molar-refractivity contribution < 1.29 is 71.8 Å². The summed E-state index contributed by atoms with van der Waals surface area (Å²) in [6.07, 6.45) is 4.92. The number of hydrogen-bond acceptors (Lipinski definition) is 6. The van der Waals surface area contributed by atoms with E-state index < -0.39 is 0 Å². The Kier molecular flexibility index (Phi) is 13.2. The number of hydrogen-bond donors (Lipinski definition) is 2. The predicted molar refractivity (Wildman–Crippen MR) is 131 cm³/mol. The summed E-state index contributed by atoms with van der Waals surface area (Å²) in [5, 5.41) is 25.1. The van der Waals surface area contributed by atoms with Crippen molar-refractivity contribution in [3.63, 3.8) is 0 Å². The maximum absolute atomic E-state index is 10.7. The van der Waals surface area contributed by atoms with Crippen LogP contribution in [0.3, 0.4) is 0 Å². The number of anilines is 1. The molecule has 34 heavy (non-hydrogen) atoms. The minimum atomic E-state index is -0.0885. The molecule has 0 unspecified atom stereocenters. The van der Waals surface area contributed by atoms with Crippen molar-refractivity contribution in [3.8, 4) is 22.6 Å². The predicted octanol–water partition coefficient (Wildman–Crippen LogP) is -0.649. The summed E-state index contributed by atoms with van der Waals surface area (Å²) >= 11 is 0. The van der Waals surface area contributed by atoms with E-state index in [9.17, 15) is 5.11 Å². The van der Waals surface area contributed by atoms with Crippen molar-refractivity contribution in [1.82, 2.24) is 20.6 Å². The maximum atomic E-state index is 10.7. The van der Waals surface area contributed by atoms with Gasteiger partial charge in [-0.3, -0.25) is 0 Å². The number of aryl methyl sites for hydroxylation is 1. The summed E-state index contributed by atoms with van der Waals surface area (Å²) < 4.78 is 6.06. The van der Waals surface area contributed by atoms with Crippen LogP contribution in [0.15, 0.2) is 36.4 Å². The van der Waals surface area contributed by atoms with Crippen molar-refractivity contribution in [2.24, 2.45) is 0 Å². The van der Waals surface area contributed by atoms with Crippen molar-refractivity contribution in [2.75, 3.05) is 25.6 Å². The zero-order valence-corrected chi connectivity index (χ0v) is 25.9. The summed E-state index contributed by atoms with van der Waals surface area (Å²) in [4.78, 5) is 2.06. The average molecular weight is 486 g/mol. The van der Waals surface area contributed by atoms with Crippen LogP contribution in [-0.4, -0.2) is 46.4 Å². The summed E-state index contributed by atoms with van der Waals surface area (Å²) in [7, 11) is 4.03. The van der Waals surface area contributed by atoms with Gasteiger partial charge in [-0.05, 0) is 48.6 Å². The molecule has 0 aliphatic rings. The molecule has 0 saturated heterocycles. The number of unbranched alkanes of at least 4 members (excludes halogenated alkanes) is 2. The zero-order valence-electron chi connectivity index (χ0n) is 23.9. The van der Waals surface area contributed by atoms with E-state index in [4.69, 9.17) is 4.74 Å². The molecular formula is C25H37N5Na2O2. The van der Waals surface area contributed by atoms with Crippen LogP contribution in [0.25, 0.3) is 11.1 Å². The average Bonchev–Trinajstić information content (AvgIpc) is 3.32. The van der Waals surface area contributed by atoms with Crippen LogP contribution in [0.1, 0.15) is 60.7 Å². The Morgan fingerprint density at radius 1 is 1.09 bits per heavy atom. The monoisotopic (exact) mass is 485 g/mol. The molecule has 0 bridgehead atoms. The topological polar surface area (TPSA) is 87.2 Å². The van der Waals surface area contributed by atoms with E-state index in [1.54, 1.807) is 6.07 Å². The van der Waals surface area contributed by atoms with Gasteiger partial charge in [-0.2, -0.15) is 5.21 Å². The van der Waals surface area contributed by atoms with E-state index in [1.807, 2.05) is 32.3 Å². The molecule has 0 aliphatic heterocycles. The van der Waals surface area contributed by atoms with Crippen LogP contribution in [0, 0.1) is 0 Å². The summed E-state index contributed by atoms with van der Waals surface area (Å²) in [5.74, 6) is 1.77. The van der Waals surface area contributed by atoms with Crippen molar-refractivity contribution in [2.45, 2.75) is 58.3 Å². The van der Waals surface area contributed by atoms with E-state index in [0.717, 1.165) is 66.1 Å². The van der Waals surface area contributed by atoms with E-state index >= 15 is 0 Å². The largest absolute Gasteiger partial charge is 1.00 e. The quantitative estimate of drug-likeness (QED) is 0.277. The number of benzene rings is 2. The second-order valence-electron chi connectivity index (χ2n) is 9.05. The number of ether oxygens (including phenoxy) is 1. The van der Waals surface area contributed by atoms with Gasteiger partial charge in [0.2, 0.25) is 0 Å². The van der Waals surface area contributed by atoms with E-state index in [0.29, 0.717) is 6.61 Å². The number of aromatic amines is 1. The minimum absolute atomic E-state index is 0. The molecule has 0 saturated carbocycles. The first kappa shape index (κ1) is 30.9. The van der Waals surface area contributed by atoms with Gasteiger partial charge in [-0.25, -0.2) is 0 Å². The van der Waals surface area contributed by atoms with E-state index in [2.05, 4.69) is 58.4 Å². The second kappa shape index (κ2) is 14.5. The molecule has 3 aromatic rings. The van der Waals surface area contributed by atoms with Crippen LogP contribution >= 0.6 is 0 Å². The Morgan fingerprint density at radius 2 is 1.85 bits per heavy atom. The molecule has 9 heteroatoms. The number of tetrazole rings is 1. The molecular weight excluding hydrogens is 448 g/mol. The molecule has 1 heterocycles. The molecule has 0 radical (unpaired) electrons. The first-order valence-electron chi connectivity index (χ1n) is 11.3. The Labute approximate surface area is 250 Å². The van der Waals surface area contributed by atoms with Crippen LogP contribution in [0.5, 0.6) is 11.5 Å². The number of phenols is 1. The Bertz CT molecular complexity index is 1020. The standard InChI is InChI=1S/C25H35N5O2.2Na.2H/c1-6-18-16-21(19-11-10-12-20(15-19)30(4)5)22(31)17-23(18)32-14-9-7-8-13-25(2,3)24-26-28-29-27-24;;;;/h10-12,15-17,31H,6-9,13-14H2,1-5H3,(H,26,27,28,29);;;;/q;2*+1;2*-1. The fraction of sp³-hybridized carbons (Fsp3) is 0.480. The van der Waals surface area contributed by atoms with Gasteiger partial charge < -0.3 is 17.6 Å². The molecule has 1 aromatic heterocycles. The number of aromatic nitrogens is 4. The van der Waals surface area contributed by atoms with Crippen LogP contribution in [-0.2, 0) is 11.8 Å². The van der Waals surface area contributed by atoms with Gasteiger partial charge in [0.1, 0.15) is 11.5 Å². The SMILES string of the molecule is CCc1cc(-c2cccc(N(C)C)c2)c(O)cc1OCCCCCC(C)(C)c1nn[nH]n1.[H-].[H-].[Na+].[Na+]. The van der Waals surface area contributed by atoms with Gasteiger partial charge in [0, 0.05) is 36.8 Å². The number of phenolic OH excluding ortho intramolecular Hbond substituents is 1. The molecule has 3 rings (SSSR count). The van der Waals surface area contributed by atoms with E-state index in [1.165, 1.54) is 0 Å². The fourth-order valence-electron chi connectivity index (χ4n) is 3.80. The third kappa shape index (κ3) is 8.25. The number of aromatic hydroxyl groups is 1. The number of rotatable bonds is 11. The van der Waals surface area contributed by atoms with Crippen LogP contribution in [0.4, 0.5) is 5.69 Å². The van der Waals surface area contributed by atoms with E-state index in [-0.39, 0.29) is 73.1 Å². The van der Waals surface area contributed by atoms with Gasteiger partial charge in [0.25, 0.3) is 0 Å². The minimum Gasteiger partial charge on any atom is -1.00 e. The molecule has 2 aromatic carbocycles. The van der Waals surface area contributed by atoms with Gasteiger partial charge in [0.05, 0.1) is 6.61 Å². The van der Waals surface area contributed by atoms with Gasteiger partial charge in [-0.1, -0.05) is 51.0 Å². The molecule has 7 nitrogen and oxygen atoms in total.